The van der Waals surface area contributed by atoms with E-state index >= 15 is 0 Å². The van der Waals surface area contributed by atoms with Crippen LogP contribution in [-0.2, 0) is 0 Å². The predicted molar refractivity (Wildman–Crippen MR) is 23.0 cm³/mol. The molecule has 9 heteroatoms. The summed E-state index contributed by atoms with van der Waals surface area (Å²) in [6.07, 6.45) is -3.32. The van der Waals surface area contributed by atoms with E-state index in [0.29, 0.717) is 0 Å². The molecule has 0 bridgehead atoms. The Hall–Kier alpha value is -0.960. The molecule has 0 saturated heterocycles. The van der Waals surface area contributed by atoms with E-state index in [1.54, 1.807) is 0 Å². The molecule has 3 nitrogen and oxygen atoms in total. The number of hydrazine groups is 2. The minimum Gasteiger partial charge on any atom is -0.217 e. The molecular formula is C3HF6N3. The quantitative estimate of drug-likeness (QED) is 0.330. The van der Waals surface area contributed by atoms with Gasteiger partial charge in [0.05, 0.1) is 5.34 Å². The Balaban J connectivity index is 3.00. The molecule has 0 aliphatic carbocycles. The monoisotopic (exact) mass is 193 g/mol. The molecule has 1 unspecified atom stereocenters. The van der Waals surface area contributed by atoms with Gasteiger partial charge in [0.1, 0.15) is 0 Å². The van der Waals surface area contributed by atoms with Crippen LogP contribution in [0.3, 0.4) is 0 Å². The number of alkyl halides is 1. The molecule has 0 spiro atoms. The summed E-state index contributed by atoms with van der Waals surface area (Å²) in [5.74, 6) is -4.85. The standard InChI is InChI=1S/C3HF6N3/c4-1-2(5)10(7)12(9)11(8)3(1)6/h2H. The molecule has 70 valence electrons. The lowest BCUT2D eigenvalue weighted by atomic mass is 10.5. The predicted octanol–water partition coefficient (Wildman–Crippen LogP) is 1.79. The van der Waals surface area contributed by atoms with E-state index < -0.39 is 33.9 Å². The summed E-state index contributed by atoms with van der Waals surface area (Å²) in [6.45, 7) is 0. The highest BCUT2D eigenvalue weighted by molar-refractivity contribution is 5.02. The lowest BCUT2D eigenvalue weighted by Gasteiger charge is -2.28. The van der Waals surface area contributed by atoms with Crippen LogP contribution in [-0.4, -0.2) is 22.1 Å². The molecule has 1 aliphatic heterocycles. The highest BCUT2D eigenvalue weighted by Crippen LogP contribution is 2.31. The average molecular weight is 193 g/mol. The van der Waals surface area contributed by atoms with Gasteiger partial charge >= 0.3 is 0 Å². The van der Waals surface area contributed by atoms with Crippen molar-refractivity contribution in [1.29, 1.82) is 0 Å². The fourth-order valence-corrected chi connectivity index (χ4v) is 0.511. The Morgan fingerprint density at radius 2 is 1.58 bits per heavy atom. The van der Waals surface area contributed by atoms with Crippen molar-refractivity contribution in [2.24, 2.45) is 0 Å². The fraction of sp³-hybridized carbons (Fsp3) is 0.333. The lowest BCUT2D eigenvalue weighted by molar-refractivity contribution is -0.443. The Labute approximate surface area is 61.8 Å². The third-order valence-electron chi connectivity index (χ3n) is 1.06. The summed E-state index contributed by atoms with van der Waals surface area (Å²) in [7, 11) is 0. The maximum absolute atomic E-state index is 12.0. The number of halogens is 6. The first-order valence-electron chi connectivity index (χ1n) is 2.52. The molecule has 1 atom stereocenters. The largest absolute Gasteiger partial charge is 0.275 e. The second kappa shape index (κ2) is 2.83. The maximum Gasteiger partial charge on any atom is 0.275 e. The fourth-order valence-electron chi connectivity index (χ4n) is 0.511. The van der Waals surface area contributed by atoms with Crippen molar-refractivity contribution in [3.05, 3.63) is 11.8 Å². The second-order valence-electron chi connectivity index (χ2n) is 1.76. The van der Waals surface area contributed by atoms with Crippen LogP contribution >= 0.6 is 0 Å². The average Bonchev–Trinajstić information content (AvgIpc) is 2.08. The van der Waals surface area contributed by atoms with Crippen LogP contribution in [0.4, 0.5) is 26.6 Å². The van der Waals surface area contributed by atoms with Gasteiger partial charge in [0.2, 0.25) is 5.83 Å². The second-order valence-corrected chi connectivity index (χ2v) is 1.76. The summed E-state index contributed by atoms with van der Waals surface area (Å²) in [5, 5.41) is -4.95. The highest BCUT2D eigenvalue weighted by Gasteiger charge is 2.43. The first-order chi connectivity index (χ1) is 5.46. The van der Waals surface area contributed by atoms with Crippen molar-refractivity contribution < 1.29 is 26.6 Å². The van der Waals surface area contributed by atoms with Crippen LogP contribution in [0.5, 0.6) is 0 Å². The van der Waals surface area contributed by atoms with E-state index in [4.69, 9.17) is 0 Å². The van der Waals surface area contributed by atoms with Gasteiger partial charge in [0, 0.05) is 5.23 Å². The highest BCUT2D eigenvalue weighted by atomic mass is 19.3. The van der Waals surface area contributed by atoms with Gasteiger partial charge in [-0.2, -0.15) is 4.39 Å². The summed E-state index contributed by atoms with van der Waals surface area (Å²) in [5.41, 5.74) is 0. The van der Waals surface area contributed by atoms with Crippen molar-refractivity contribution in [2.45, 2.75) is 6.30 Å². The van der Waals surface area contributed by atoms with Gasteiger partial charge in [-0.1, -0.05) is 14.2 Å². The molecule has 0 radical (unpaired) electrons. The van der Waals surface area contributed by atoms with Crippen molar-refractivity contribution in [1.82, 2.24) is 15.8 Å². The summed E-state index contributed by atoms with van der Waals surface area (Å²) in [4.78, 5) is 0. The molecule has 0 saturated carbocycles. The molecule has 0 aromatic heterocycles. The van der Waals surface area contributed by atoms with Crippen LogP contribution in [0.2, 0.25) is 0 Å². The minimum atomic E-state index is -3.32. The van der Waals surface area contributed by atoms with Crippen LogP contribution in [0.15, 0.2) is 11.8 Å². The maximum atomic E-state index is 12.0. The third-order valence-corrected chi connectivity index (χ3v) is 1.06. The van der Waals surface area contributed by atoms with E-state index in [1.165, 1.54) is 0 Å². The summed E-state index contributed by atoms with van der Waals surface area (Å²) < 4.78 is 71.8. The zero-order chi connectivity index (χ0) is 9.46. The zero-order valence-electron chi connectivity index (χ0n) is 5.19. The SMILES string of the molecule is FC1=C(F)N(F)N(F)N(F)C1F. The topological polar surface area (TPSA) is 9.72 Å². The minimum absolute atomic E-state index is 1.60. The van der Waals surface area contributed by atoms with E-state index in [-0.39, 0.29) is 0 Å². The van der Waals surface area contributed by atoms with Crippen molar-refractivity contribution in [3.8, 4) is 0 Å². The smallest absolute Gasteiger partial charge is 0.217 e. The molecule has 12 heavy (non-hydrogen) atoms. The zero-order valence-corrected chi connectivity index (χ0v) is 5.19. The van der Waals surface area contributed by atoms with E-state index in [0.717, 1.165) is 0 Å². The molecule has 0 aromatic rings. The molecule has 0 N–H and O–H groups in total. The number of hydrogen-bond donors (Lipinski definition) is 0. The Morgan fingerprint density at radius 3 is 2.08 bits per heavy atom. The van der Waals surface area contributed by atoms with Gasteiger partial charge < -0.3 is 0 Å². The van der Waals surface area contributed by atoms with Crippen LogP contribution < -0.4 is 0 Å². The Morgan fingerprint density at radius 1 is 1.08 bits per heavy atom. The molecule has 1 rings (SSSR count). The number of nitrogens with zero attached hydrogens (tertiary/aromatic N) is 3. The molecular weight excluding hydrogens is 192 g/mol. The van der Waals surface area contributed by atoms with Gasteiger partial charge in [-0.05, 0) is 0 Å². The van der Waals surface area contributed by atoms with Crippen molar-refractivity contribution in [2.75, 3.05) is 0 Å². The van der Waals surface area contributed by atoms with Gasteiger partial charge in [0.15, 0.2) is 0 Å². The first kappa shape index (κ1) is 9.13. The van der Waals surface area contributed by atoms with Crippen LogP contribution in [0.25, 0.3) is 0 Å². The van der Waals surface area contributed by atoms with Crippen molar-refractivity contribution >= 4 is 0 Å². The van der Waals surface area contributed by atoms with Crippen LogP contribution in [0.1, 0.15) is 0 Å². The molecule has 0 fully saturated rings. The van der Waals surface area contributed by atoms with Gasteiger partial charge in [0.25, 0.3) is 12.2 Å². The van der Waals surface area contributed by atoms with Gasteiger partial charge in [-0.25, -0.2) is 8.78 Å². The van der Waals surface area contributed by atoms with E-state index in [9.17, 15) is 26.6 Å². The lowest BCUT2D eigenvalue weighted by Crippen LogP contribution is -2.47. The Bertz CT molecular complexity index is 196. The van der Waals surface area contributed by atoms with Crippen molar-refractivity contribution in [3.63, 3.8) is 0 Å². The first-order valence-corrected chi connectivity index (χ1v) is 2.52. The third kappa shape index (κ3) is 1.10. The normalized spacial score (nSPS) is 28.5. The summed E-state index contributed by atoms with van der Waals surface area (Å²) >= 11 is 0. The molecule has 0 amide bonds. The molecule has 1 heterocycles. The van der Waals surface area contributed by atoms with E-state index in [1.807, 2.05) is 0 Å². The Kier molecular flexibility index (Phi) is 2.15. The number of hydrogen-bond acceptors (Lipinski definition) is 3. The molecule has 1 aliphatic rings. The molecule has 0 aromatic carbocycles. The van der Waals surface area contributed by atoms with Gasteiger partial charge in [-0.15, -0.1) is 4.48 Å². The van der Waals surface area contributed by atoms with E-state index in [2.05, 4.69) is 0 Å². The van der Waals surface area contributed by atoms with Gasteiger partial charge in [-0.3, -0.25) is 0 Å². The van der Waals surface area contributed by atoms with Crippen LogP contribution in [0, 0.1) is 0 Å². The summed E-state index contributed by atoms with van der Waals surface area (Å²) in [6, 6.07) is 0. The number of rotatable bonds is 0.